The van der Waals surface area contributed by atoms with Gasteiger partial charge in [-0.3, -0.25) is 15.1 Å². The van der Waals surface area contributed by atoms with Gasteiger partial charge in [-0.1, -0.05) is 6.07 Å². The average Bonchev–Trinajstić information content (AvgIpc) is 2.05. The zero-order chi connectivity index (χ0) is 8.97. The van der Waals surface area contributed by atoms with Crippen molar-refractivity contribution in [3.05, 3.63) is 46.4 Å². The third-order valence-electron chi connectivity index (χ3n) is 1.13. The van der Waals surface area contributed by atoms with Crippen LogP contribution in [0, 0.1) is 10.1 Å². The van der Waals surface area contributed by atoms with Crippen molar-refractivity contribution >= 4 is 26.2 Å². The summed E-state index contributed by atoms with van der Waals surface area (Å²) in [5.41, 5.74) is 0.620. The molecule has 0 aromatic carbocycles. The van der Waals surface area contributed by atoms with Crippen molar-refractivity contribution in [3.8, 4) is 0 Å². The summed E-state index contributed by atoms with van der Waals surface area (Å²) in [6.45, 7) is 0. The van der Waals surface area contributed by atoms with Gasteiger partial charge in [0.1, 0.15) is 3.58 Å². The Morgan fingerprint density at radius 1 is 1.67 bits per heavy atom. The van der Waals surface area contributed by atoms with E-state index in [0.29, 0.717) is 9.27 Å². The first kappa shape index (κ1) is 9.11. The Bertz CT molecular complexity index is 310. The Labute approximate surface area is 82.6 Å². The normalized spacial score (nSPS) is 11.2. The van der Waals surface area contributed by atoms with E-state index in [1.165, 1.54) is 0 Å². The first-order valence-corrected chi connectivity index (χ1v) is 4.20. The van der Waals surface area contributed by atoms with Crippen molar-refractivity contribution in [2.75, 3.05) is 0 Å². The SMILES string of the molecule is O=[N+]([O-])/C=C(\I)c1ccccn1. The largest absolute Gasteiger partial charge is 0.259 e. The molecule has 0 atom stereocenters. The summed E-state index contributed by atoms with van der Waals surface area (Å²) in [5, 5.41) is 10.1. The number of aromatic nitrogens is 1. The molecule has 0 fully saturated rings. The molecule has 1 rings (SSSR count). The number of rotatable bonds is 2. The van der Waals surface area contributed by atoms with Gasteiger partial charge in [0.2, 0.25) is 6.20 Å². The zero-order valence-electron chi connectivity index (χ0n) is 5.98. The summed E-state index contributed by atoms with van der Waals surface area (Å²) in [6, 6.07) is 5.27. The van der Waals surface area contributed by atoms with Crippen LogP contribution in [0.15, 0.2) is 30.6 Å². The van der Waals surface area contributed by atoms with Crippen LogP contribution in [-0.4, -0.2) is 9.91 Å². The van der Waals surface area contributed by atoms with Crippen LogP contribution in [-0.2, 0) is 0 Å². The van der Waals surface area contributed by atoms with Crippen LogP contribution in [0.5, 0.6) is 0 Å². The summed E-state index contributed by atoms with van der Waals surface area (Å²) in [5.74, 6) is 0. The molecular formula is C7H5IN2O2. The van der Waals surface area contributed by atoms with Gasteiger partial charge >= 0.3 is 0 Å². The Morgan fingerprint density at radius 3 is 2.92 bits per heavy atom. The van der Waals surface area contributed by atoms with Crippen LogP contribution in [0.2, 0.25) is 0 Å². The molecule has 12 heavy (non-hydrogen) atoms. The quantitative estimate of drug-likeness (QED) is 0.472. The number of halogens is 1. The molecule has 0 unspecified atom stereocenters. The lowest BCUT2D eigenvalue weighted by Crippen LogP contribution is -1.87. The van der Waals surface area contributed by atoms with E-state index in [1.807, 2.05) is 22.6 Å². The van der Waals surface area contributed by atoms with Crippen molar-refractivity contribution in [2.45, 2.75) is 0 Å². The lowest BCUT2D eigenvalue weighted by atomic mass is 10.3. The van der Waals surface area contributed by atoms with Crippen molar-refractivity contribution < 1.29 is 4.92 Å². The highest BCUT2D eigenvalue weighted by Crippen LogP contribution is 2.18. The first-order chi connectivity index (χ1) is 5.70. The maximum absolute atomic E-state index is 10.1. The van der Waals surface area contributed by atoms with Crippen LogP contribution < -0.4 is 0 Å². The highest BCUT2D eigenvalue weighted by Gasteiger charge is 2.01. The minimum Gasteiger partial charge on any atom is -0.259 e. The Morgan fingerprint density at radius 2 is 2.42 bits per heavy atom. The average molecular weight is 276 g/mol. The van der Waals surface area contributed by atoms with E-state index in [1.54, 1.807) is 24.4 Å². The lowest BCUT2D eigenvalue weighted by Gasteiger charge is -1.92. The van der Waals surface area contributed by atoms with E-state index in [0.717, 1.165) is 6.20 Å². The van der Waals surface area contributed by atoms with Gasteiger partial charge in [0.25, 0.3) is 0 Å². The van der Waals surface area contributed by atoms with Crippen molar-refractivity contribution in [1.82, 2.24) is 4.98 Å². The number of nitro groups is 1. The highest BCUT2D eigenvalue weighted by molar-refractivity contribution is 14.1. The molecule has 0 aliphatic heterocycles. The lowest BCUT2D eigenvalue weighted by molar-refractivity contribution is -0.401. The maximum atomic E-state index is 10.1. The van der Waals surface area contributed by atoms with E-state index in [2.05, 4.69) is 4.98 Å². The molecule has 5 heteroatoms. The molecule has 62 valence electrons. The predicted molar refractivity (Wildman–Crippen MR) is 53.2 cm³/mol. The molecule has 0 amide bonds. The third kappa shape index (κ3) is 2.57. The molecule has 0 aliphatic rings. The molecule has 0 N–H and O–H groups in total. The van der Waals surface area contributed by atoms with E-state index in [9.17, 15) is 10.1 Å². The summed E-state index contributed by atoms with van der Waals surface area (Å²) >= 11 is 1.88. The van der Waals surface area contributed by atoms with E-state index >= 15 is 0 Å². The third-order valence-corrected chi connectivity index (χ3v) is 1.96. The molecule has 0 bridgehead atoms. The number of pyridine rings is 1. The molecular weight excluding hydrogens is 271 g/mol. The highest BCUT2D eigenvalue weighted by atomic mass is 127. The maximum Gasteiger partial charge on any atom is 0.249 e. The molecule has 0 radical (unpaired) electrons. The van der Waals surface area contributed by atoms with Crippen LogP contribution in [0.25, 0.3) is 3.58 Å². The molecule has 0 saturated heterocycles. The number of hydrogen-bond acceptors (Lipinski definition) is 3. The van der Waals surface area contributed by atoms with Gasteiger partial charge in [0, 0.05) is 6.20 Å². The second-order valence-corrected chi connectivity index (χ2v) is 3.14. The summed E-state index contributed by atoms with van der Waals surface area (Å²) in [7, 11) is 0. The minimum atomic E-state index is -0.490. The van der Waals surface area contributed by atoms with Gasteiger partial charge in [0.05, 0.1) is 10.6 Å². The molecule has 1 aromatic heterocycles. The van der Waals surface area contributed by atoms with E-state index < -0.39 is 4.92 Å². The summed E-state index contributed by atoms with van der Waals surface area (Å²) in [6.07, 6.45) is 2.53. The molecule has 1 heterocycles. The monoisotopic (exact) mass is 276 g/mol. The van der Waals surface area contributed by atoms with Crippen molar-refractivity contribution in [1.29, 1.82) is 0 Å². The van der Waals surface area contributed by atoms with E-state index in [4.69, 9.17) is 0 Å². The molecule has 0 aliphatic carbocycles. The fourth-order valence-electron chi connectivity index (χ4n) is 0.663. The smallest absolute Gasteiger partial charge is 0.249 e. The fourth-order valence-corrected chi connectivity index (χ4v) is 1.21. The topological polar surface area (TPSA) is 56.0 Å². The van der Waals surface area contributed by atoms with Gasteiger partial charge in [-0.15, -0.1) is 0 Å². The Hall–Kier alpha value is -0.980. The zero-order valence-corrected chi connectivity index (χ0v) is 8.13. The van der Waals surface area contributed by atoms with Gasteiger partial charge in [0.15, 0.2) is 0 Å². The Kier molecular flexibility index (Phi) is 3.15. The van der Waals surface area contributed by atoms with Crippen LogP contribution >= 0.6 is 22.6 Å². The predicted octanol–water partition coefficient (Wildman–Crippen LogP) is 2.09. The first-order valence-electron chi connectivity index (χ1n) is 3.12. The molecule has 0 saturated carbocycles. The minimum absolute atomic E-state index is 0.490. The van der Waals surface area contributed by atoms with E-state index in [-0.39, 0.29) is 0 Å². The van der Waals surface area contributed by atoms with Gasteiger partial charge in [-0.25, -0.2) is 0 Å². The number of hydrogen-bond donors (Lipinski definition) is 0. The van der Waals surface area contributed by atoms with Crippen LogP contribution in [0.3, 0.4) is 0 Å². The standard InChI is InChI=1S/C7H5IN2O2/c8-6(5-10(11)12)7-3-1-2-4-9-7/h1-5H/b6-5-. The second-order valence-electron chi connectivity index (χ2n) is 1.98. The number of nitrogens with zero attached hydrogens (tertiary/aromatic N) is 2. The molecule has 1 aromatic rings. The van der Waals surface area contributed by atoms with Gasteiger partial charge < -0.3 is 0 Å². The van der Waals surface area contributed by atoms with Gasteiger partial charge in [-0.2, -0.15) is 0 Å². The Balaban J connectivity index is 2.93. The molecule has 0 spiro atoms. The van der Waals surface area contributed by atoms with Crippen molar-refractivity contribution in [3.63, 3.8) is 0 Å². The second kappa shape index (κ2) is 4.15. The molecule has 4 nitrogen and oxygen atoms in total. The summed E-state index contributed by atoms with van der Waals surface area (Å²) in [4.78, 5) is 13.5. The fraction of sp³-hybridized carbons (Fsp3) is 0. The summed E-state index contributed by atoms with van der Waals surface area (Å²) < 4.78 is 0.526. The van der Waals surface area contributed by atoms with Crippen molar-refractivity contribution in [2.24, 2.45) is 0 Å². The van der Waals surface area contributed by atoms with Crippen LogP contribution in [0.1, 0.15) is 5.69 Å². The van der Waals surface area contributed by atoms with Gasteiger partial charge in [-0.05, 0) is 34.7 Å². The van der Waals surface area contributed by atoms with Crippen LogP contribution in [0.4, 0.5) is 0 Å².